The fourth-order valence-electron chi connectivity index (χ4n) is 1.36. The lowest BCUT2D eigenvalue weighted by Gasteiger charge is -1.99. The molecule has 1 unspecified atom stereocenters. The van der Waals surface area contributed by atoms with Crippen LogP contribution < -0.4 is 0 Å². The van der Waals surface area contributed by atoms with E-state index in [1.54, 1.807) is 11.8 Å². The van der Waals surface area contributed by atoms with Gasteiger partial charge in [0, 0.05) is 0 Å². The van der Waals surface area contributed by atoms with Crippen LogP contribution in [-0.2, 0) is 0 Å². The van der Waals surface area contributed by atoms with Crippen molar-refractivity contribution in [1.29, 1.82) is 0 Å². The Morgan fingerprint density at radius 1 is 1.28 bits per heavy atom. The lowest BCUT2D eigenvalue weighted by Crippen LogP contribution is -2.14. The average molecular weight is 314 g/mol. The third-order valence-electron chi connectivity index (χ3n) is 2.05. The Morgan fingerprint density at radius 2 is 1.94 bits per heavy atom. The maximum atomic E-state index is 5.03. The Hall–Kier alpha value is -0.423. The number of hydrogen-bond acceptors (Lipinski definition) is 4. The van der Waals surface area contributed by atoms with Gasteiger partial charge in [0.1, 0.15) is 16.6 Å². The first kappa shape index (κ1) is 14.0. The molecule has 96 valence electrons. The minimum atomic E-state index is -1.43. The molecule has 0 aliphatic carbocycles. The summed E-state index contributed by atoms with van der Waals surface area (Å²) in [5, 5.41) is 4.68. The van der Waals surface area contributed by atoms with Crippen molar-refractivity contribution in [3.8, 4) is 5.69 Å². The van der Waals surface area contributed by atoms with Crippen LogP contribution in [0.15, 0.2) is 39.1 Å². The number of aromatic nitrogens is 2. The van der Waals surface area contributed by atoms with E-state index in [2.05, 4.69) is 59.7 Å². The summed E-state index contributed by atoms with van der Waals surface area (Å²) in [4.78, 5) is 0. The Kier molecular flexibility index (Phi) is 4.43. The Labute approximate surface area is 118 Å². The fourth-order valence-corrected chi connectivity index (χ4v) is 10.3. The molecule has 2 rings (SSSR count). The summed E-state index contributed by atoms with van der Waals surface area (Å²) in [5.74, 6) is 0. The molecule has 2 aromatic rings. The van der Waals surface area contributed by atoms with Crippen molar-refractivity contribution in [2.45, 2.75) is 24.0 Å². The van der Waals surface area contributed by atoms with Crippen LogP contribution in [0.2, 0.25) is 19.6 Å². The van der Waals surface area contributed by atoms with E-state index in [1.165, 1.54) is 0 Å². The van der Waals surface area contributed by atoms with Crippen molar-refractivity contribution >= 4 is 37.6 Å². The zero-order valence-electron chi connectivity index (χ0n) is 11.0. The second-order valence-corrected chi connectivity index (χ2v) is 14.0. The molecule has 1 atom stereocenters. The number of para-hydroxylation sites is 1. The van der Waals surface area contributed by atoms with E-state index in [0.29, 0.717) is 0 Å². The molecular formula is C11H17N3PS2Si+. The fraction of sp³-hybridized carbons (Fsp3) is 0.364. The van der Waals surface area contributed by atoms with Gasteiger partial charge in [-0.1, -0.05) is 30.0 Å². The van der Waals surface area contributed by atoms with Gasteiger partial charge in [-0.15, -0.1) is 9.51 Å². The normalized spacial score (nSPS) is 13.0. The van der Waals surface area contributed by atoms with E-state index in [0.717, 1.165) is 10.0 Å². The second-order valence-electron chi connectivity index (χ2n) is 4.81. The zero-order valence-corrected chi connectivity index (χ0v) is 14.5. The van der Waals surface area contributed by atoms with Gasteiger partial charge in [-0.3, -0.25) is 0 Å². The lowest BCUT2D eigenvalue weighted by molar-refractivity contribution is 0.900. The molecule has 0 N–H and O–H groups in total. The summed E-state index contributed by atoms with van der Waals surface area (Å²) in [6, 6.07) is 10.3. The molecule has 1 aromatic carbocycles. The predicted molar refractivity (Wildman–Crippen MR) is 85.9 cm³/mol. The highest BCUT2D eigenvalue weighted by Gasteiger charge is 2.23. The zero-order chi connectivity index (χ0) is 13.2. The van der Waals surface area contributed by atoms with E-state index in [9.17, 15) is 0 Å². The van der Waals surface area contributed by atoms with Crippen LogP contribution >= 0.6 is 29.4 Å². The first-order valence-corrected chi connectivity index (χ1v) is 13.0. The molecule has 0 amide bonds. The minimum absolute atomic E-state index is 0.606. The van der Waals surface area contributed by atoms with Crippen LogP contribution in [0.5, 0.6) is 0 Å². The standard InChI is InChI=1S/C11H17N3PS2Si/c1-16-11-12-14(10-8-6-5-7-9-10)15(17-11)13-18(2,3)4/h5-9H,1-4H3/q+1. The second kappa shape index (κ2) is 5.69. The molecule has 0 radical (unpaired) electrons. The Balaban J connectivity index is 2.60. The van der Waals surface area contributed by atoms with Gasteiger partial charge in [-0.2, -0.15) is 0 Å². The van der Waals surface area contributed by atoms with Crippen molar-refractivity contribution in [3.63, 3.8) is 0 Å². The first-order valence-electron chi connectivity index (χ1n) is 5.68. The van der Waals surface area contributed by atoms with Crippen molar-refractivity contribution in [2.75, 3.05) is 6.26 Å². The van der Waals surface area contributed by atoms with Crippen LogP contribution in [0.3, 0.4) is 0 Å². The van der Waals surface area contributed by atoms with Gasteiger partial charge in [0.2, 0.25) is 12.6 Å². The lowest BCUT2D eigenvalue weighted by atomic mass is 10.3. The van der Waals surface area contributed by atoms with Gasteiger partial charge in [-0.25, -0.2) is 0 Å². The molecule has 18 heavy (non-hydrogen) atoms. The first-order chi connectivity index (χ1) is 8.49. The van der Waals surface area contributed by atoms with Crippen LogP contribution in [0.4, 0.5) is 0 Å². The van der Waals surface area contributed by atoms with E-state index in [4.69, 9.17) is 4.41 Å². The van der Waals surface area contributed by atoms with Crippen LogP contribution in [0.1, 0.15) is 0 Å². The van der Waals surface area contributed by atoms with E-state index < -0.39 is 14.9 Å². The molecule has 0 saturated carbocycles. The molecule has 0 aliphatic rings. The van der Waals surface area contributed by atoms with Gasteiger partial charge in [0.05, 0.1) is 0 Å². The van der Waals surface area contributed by atoms with Gasteiger partial charge in [-0.05, 0) is 42.5 Å². The highest BCUT2D eigenvalue weighted by atomic mass is 32.5. The van der Waals surface area contributed by atoms with Crippen LogP contribution in [0.25, 0.3) is 5.69 Å². The highest BCUT2D eigenvalue weighted by molar-refractivity contribution is 8.03. The minimum Gasteiger partial charge on any atom is -0.121 e. The molecule has 0 aliphatic heterocycles. The van der Waals surface area contributed by atoms with E-state index in [1.807, 2.05) is 17.0 Å². The van der Waals surface area contributed by atoms with Gasteiger partial charge in [0.15, 0.2) is 0 Å². The quantitative estimate of drug-likeness (QED) is 0.585. The smallest absolute Gasteiger partial charge is 0.121 e. The number of hydrogen-bond donors (Lipinski definition) is 0. The molecule has 0 saturated heterocycles. The Morgan fingerprint density at radius 3 is 2.50 bits per heavy atom. The summed E-state index contributed by atoms with van der Waals surface area (Å²) >= 11 is 1.70. The highest BCUT2D eigenvalue weighted by Crippen LogP contribution is 2.36. The Bertz CT molecular complexity index is 586. The summed E-state index contributed by atoms with van der Waals surface area (Å²) < 4.78 is 8.25. The van der Waals surface area contributed by atoms with E-state index in [-0.39, 0.29) is 0 Å². The summed E-state index contributed by atoms with van der Waals surface area (Å²) in [6.07, 6.45) is 2.07. The van der Waals surface area contributed by atoms with Gasteiger partial charge >= 0.3 is 6.66 Å². The maximum absolute atomic E-state index is 5.03. The third kappa shape index (κ3) is 3.54. The molecule has 0 spiro atoms. The summed E-state index contributed by atoms with van der Waals surface area (Å²) in [7, 11) is 0.382. The molecule has 7 heteroatoms. The van der Waals surface area contributed by atoms with Gasteiger partial charge < -0.3 is 0 Å². The SMILES string of the molecule is CSc1nn(-c2ccccc2)/[p+](=N/[Si](C)(C)C)s1. The summed E-state index contributed by atoms with van der Waals surface area (Å²) in [5.41, 5.74) is 1.14. The molecule has 1 aromatic heterocycles. The number of rotatable bonds is 3. The van der Waals surface area contributed by atoms with Crippen molar-refractivity contribution in [3.05, 3.63) is 30.3 Å². The number of thioether (sulfide) groups is 1. The number of benzene rings is 1. The molecule has 3 nitrogen and oxygen atoms in total. The topological polar surface area (TPSA) is 30.2 Å². The van der Waals surface area contributed by atoms with Crippen molar-refractivity contribution < 1.29 is 0 Å². The monoisotopic (exact) mass is 314 g/mol. The molecule has 1 heterocycles. The maximum Gasteiger partial charge on any atom is 0.442 e. The third-order valence-corrected chi connectivity index (χ3v) is 9.93. The molecular weight excluding hydrogens is 297 g/mol. The van der Waals surface area contributed by atoms with Gasteiger partial charge in [0.25, 0.3) is 0 Å². The number of nitrogens with zero attached hydrogens (tertiary/aromatic N) is 3. The largest absolute Gasteiger partial charge is 0.442 e. The summed E-state index contributed by atoms with van der Waals surface area (Å²) in [6.45, 7) is 6.22. The van der Waals surface area contributed by atoms with Crippen molar-refractivity contribution in [2.24, 2.45) is 4.41 Å². The van der Waals surface area contributed by atoms with Crippen LogP contribution in [0, 0.1) is 0 Å². The average Bonchev–Trinajstić information content (AvgIpc) is 2.71. The van der Waals surface area contributed by atoms with Crippen LogP contribution in [-0.4, -0.2) is 24.0 Å². The van der Waals surface area contributed by atoms with E-state index >= 15 is 0 Å². The predicted octanol–water partition coefficient (Wildman–Crippen LogP) is 5.07. The van der Waals surface area contributed by atoms with Crippen molar-refractivity contribution in [1.82, 2.24) is 9.54 Å². The molecule has 0 bridgehead atoms. The molecule has 0 fully saturated rings.